The highest BCUT2D eigenvalue weighted by Crippen LogP contribution is 2.34. The lowest BCUT2D eigenvalue weighted by Crippen LogP contribution is -2.45. The zero-order chi connectivity index (χ0) is 18.8. The van der Waals surface area contributed by atoms with Gasteiger partial charge in [-0.25, -0.2) is 4.79 Å². The molecule has 26 heavy (non-hydrogen) atoms. The number of amides is 2. The summed E-state index contributed by atoms with van der Waals surface area (Å²) in [7, 11) is 0. The number of para-hydroxylation sites is 1. The van der Waals surface area contributed by atoms with Gasteiger partial charge in [0.2, 0.25) is 0 Å². The predicted molar refractivity (Wildman–Crippen MR) is 96.0 cm³/mol. The lowest BCUT2D eigenvalue weighted by Gasteiger charge is -2.28. The maximum Gasteiger partial charge on any atom is 0.319 e. The topological polar surface area (TPSA) is 101 Å². The summed E-state index contributed by atoms with van der Waals surface area (Å²) in [6.45, 7) is 1.59. The molecule has 1 aliphatic rings. The van der Waals surface area contributed by atoms with Crippen LogP contribution in [-0.4, -0.2) is 16.7 Å². The van der Waals surface area contributed by atoms with Gasteiger partial charge in [0.05, 0.1) is 16.5 Å². The molecule has 3 rings (SSSR count). The van der Waals surface area contributed by atoms with Gasteiger partial charge < -0.3 is 10.6 Å². The fourth-order valence-corrected chi connectivity index (χ4v) is 3.01. The van der Waals surface area contributed by atoms with Crippen molar-refractivity contribution in [1.82, 2.24) is 10.6 Å². The number of carbonyl (C=O) groups excluding carboxylic acids is 2. The molecular weight excluding hydrogens is 358 g/mol. The minimum Gasteiger partial charge on any atom is -0.326 e. The van der Waals surface area contributed by atoms with Crippen molar-refractivity contribution in [1.29, 1.82) is 0 Å². The molecule has 0 aromatic heterocycles. The Morgan fingerprint density at radius 2 is 1.81 bits per heavy atom. The van der Waals surface area contributed by atoms with Gasteiger partial charge in [-0.1, -0.05) is 23.7 Å². The number of nitrogens with zero attached hydrogens (tertiary/aromatic N) is 1. The third-order valence-electron chi connectivity index (χ3n) is 4.06. The first kappa shape index (κ1) is 17.6. The number of ketones is 1. The zero-order valence-electron chi connectivity index (χ0n) is 13.7. The molecule has 0 aliphatic carbocycles. The van der Waals surface area contributed by atoms with Gasteiger partial charge in [-0.05, 0) is 37.3 Å². The van der Waals surface area contributed by atoms with Crippen LogP contribution in [0, 0.1) is 10.1 Å². The molecule has 1 unspecified atom stereocenters. The second-order valence-corrected chi connectivity index (χ2v) is 6.16. The second-order valence-electron chi connectivity index (χ2n) is 5.72. The molecule has 2 N–H and O–H groups in total. The number of hydrogen-bond acceptors (Lipinski definition) is 4. The molecule has 0 saturated heterocycles. The summed E-state index contributed by atoms with van der Waals surface area (Å²) in [6, 6.07) is 10.8. The van der Waals surface area contributed by atoms with Crippen molar-refractivity contribution in [3.05, 3.63) is 86.1 Å². The lowest BCUT2D eigenvalue weighted by molar-refractivity contribution is -0.385. The fraction of sp³-hybridized carbons (Fsp3) is 0.111. The van der Waals surface area contributed by atoms with E-state index in [1.807, 2.05) is 0 Å². The molecule has 1 aliphatic heterocycles. The van der Waals surface area contributed by atoms with Crippen LogP contribution in [0.4, 0.5) is 10.5 Å². The standard InChI is InChI=1S/C18H14ClN3O4/c1-10-15(17(23)11-6-8-12(19)9-7-11)16(21-18(24)20-10)13-4-2-3-5-14(13)22(25)26/h2-9,16H,1H3,(H2,20,21,24). The number of rotatable bonds is 4. The summed E-state index contributed by atoms with van der Waals surface area (Å²) in [4.78, 5) is 35.8. The van der Waals surface area contributed by atoms with Crippen LogP contribution in [0.5, 0.6) is 0 Å². The monoisotopic (exact) mass is 371 g/mol. The lowest BCUT2D eigenvalue weighted by atomic mass is 9.89. The Bertz CT molecular complexity index is 938. The number of hydrogen-bond donors (Lipinski definition) is 2. The Kier molecular flexibility index (Phi) is 4.73. The molecular formula is C18H14ClN3O4. The van der Waals surface area contributed by atoms with Crippen LogP contribution >= 0.6 is 11.6 Å². The van der Waals surface area contributed by atoms with E-state index < -0.39 is 17.0 Å². The number of urea groups is 1. The zero-order valence-corrected chi connectivity index (χ0v) is 14.4. The highest BCUT2D eigenvalue weighted by molar-refractivity contribution is 6.30. The maximum absolute atomic E-state index is 13.0. The van der Waals surface area contributed by atoms with Crippen LogP contribution in [0.25, 0.3) is 0 Å². The normalized spacial score (nSPS) is 16.7. The Morgan fingerprint density at radius 1 is 1.15 bits per heavy atom. The first-order valence-electron chi connectivity index (χ1n) is 7.70. The van der Waals surface area contributed by atoms with E-state index in [1.165, 1.54) is 18.2 Å². The average Bonchev–Trinajstić information content (AvgIpc) is 2.61. The molecule has 132 valence electrons. The van der Waals surface area contributed by atoms with Crippen LogP contribution in [0.3, 0.4) is 0 Å². The summed E-state index contributed by atoms with van der Waals surface area (Å²) in [5, 5.41) is 17.0. The molecule has 1 heterocycles. The molecule has 8 heteroatoms. The summed E-state index contributed by atoms with van der Waals surface area (Å²) >= 11 is 5.86. The highest BCUT2D eigenvalue weighted by atomic mass is 35.5. The van der Waals surface area contributed by atoms with Crippen molar-refractivity contribution >= 4 is 29.1 Å². The molecule has 0 bridgehead atoms. The van der Waals surface area contributed by atoms with Crippen molar-refractivity contribution in [2.24, 2.45) is 0 Å². The predicted octanol–water partition coefficient (Wildman–Crippen LogP) is 3.76. The quantitative estimate of drug-likeness (QED) is 0.485. The number of halogens is 1. The molecule has 2 aromatic carbocycles. The van der Waals surface area contributed by atoms with E-state index in [4.69, 9.17) is 11.6 Å². The van der Waals surface area contributed by atoms with E-state index in [1.54, 1.807) is 37.3 Å². The highest BCUT2D eigenvalue weighted by Gasteiger charge is 2.35. The first-order valence-corrected chi connectivity index (χ1v) is 8.08. The Balaban J connectivity index is 2.13. The van der Waals surface area contributed by atoms with E-state index in [-0.39, 0.29) is 22.6 Å². The van der Waals surface area contributed by atoms with Gasteiger partial charge in [0, 0.05) is 27.9 Å². The van der Waals surface area contributed by atoms with Gasteiger partial charge in [-0.3, -0.25) is 14.9 Å². The molecule has 1 atom stereocenters. The molecule has 0 saturated carbocycles. The minimum absolute atomic E-state index is 0.172. The van der Waals surface area contributed by atoms with Crippen molar-refractivity contribution < 1.29 is 14.5 Å². The van der Waals surface area contributed by atoms with Gasteiger partial charge in [0.25, 0.3) is 5.69 Å². The summed E-state index contributed by atoms with van der Waals surface area (Å²) in [5.41, 5.74) is 1.02. The van der Waals surface area contributed by atoms with E-state index >= 15 is 0 Å². The maximum atomic E-state index is 13.0. The van der Waals surface area contributed by atoms with Crippen molar-refractivity contribution in [2.45, 2.75) is 13.0 Å². The van der Waals surface area contributed by atoms with E-state index in [9.17, 15) is 19.7 Å². The molecule has 0 spiro atoms. The Labute approximate surface area is 153 Å². The van der Waals surface area contributed by atoms with Crippen molar-refractivity contribution in [3.63, 3.8) is 0 Å². The van der Waals surface area contributed by atoms with E-state index in [0.717, 1.165) is 0 Å². The van der Waals surface area contributed by atoms with E-state index in [0.29, 0.717) is 16.3 Å². The van der Waals surface area contributed by atoms with Crippen LogP contribution in [0.15, 0.2) is 59.8 Å². The number of Topliss-reactive ketones (excluding diaryl/α,β-unsaturated/α-hetero) is 1. The fourth-order valence-electron chi connectivity index (χ4n) is 2.88. The molecule has 7 nitrogen and oxygen atoms in total. The van der Waals surface area contributed by atoms with Gasteiger partial charge >= 0.3 is 6.03 Å². The van der Waals surface area contributed by atoms with Gasteiger partial charge in [0.1, 0.15) is 0 Å². The number of nitro benzene ring substituents is 1. The number of nitrogens with one attached hydrogen (secondary N) is 2. The molecule has 0 radical (unpaired) electrons. The summed E-state index contributed by atoms with van der Waals surface area (Å²) in [5.74, 6) is -0.352. The van der Waals surface area contributed by atoms with Crippen LogP contribution < -0.4 is 10.6 Å². The van der Waals surface area contributed by atoms with Gasteiger partial charge in [-0.2, -0.15) is 0 Å². The van der Waals surface area contributed by atoms with Gasteiger partial charge in [-0.15, -0.1) is 0 Å². The van der Waals surface area contributed by atoms with Crippen molar-refractivity contribution in [3.8, 4) is 0 Å². The Hall–Kier alpha value is -3.19. The van der Waals surface area contributed by atoms with Crippen molar-refractivity contribution in [2.75, 3.05) is 0 Å². The molecule has 2 amide bonds. The summed E-state index contributed by atoms with van der Waals surface area (Å²) < 4.78 is 0. The number of benzene rings is 2. The third-order valence-corrected chi connectivity index (χ3v) is 4.32. The Morgan fingerprint density at radius 3 is 2.46 bits per heavy atom. The smallest absolute Gasteiger partial charge is 0.319 e. The largest absolute Gasteiger partial charge is 0.326 e. The number of carbonyl (C=O) groups is 2. The first-order chi connectivity index (χ1) is 12.4. The second kappa shape index (κ2) is 6.97. The average molecular weight is 372 g/mol. The van der Waals surface area contributed by atoms with Crippen LogP contribution in [-0.2, 0) is 0 Å². The van der Waals surface area contributed by atoms with Crippen LogP contribution in [0.1, 0.15) is 28.9 Å². The number of nitro groups is 1. The summed E-state index contributed by atoms with van der Waals surface area (Å²) in [6.07, 6.45) is 0. The van der Waals surface area contributed by atoms with Crippen LogP contribution in [0.2, 0.25) is 5.02 Å². The molecule has 2 aromatic rings. The number of allylic oxidation sites excluding steroid dienone is 1. The van der Waals surface area contributed by atoms with E-state index in [2.05, 4.69) is 10.6 Å². The third kappa shape index (κ3) is 3.29. The SMILES string of the molecule is CC1=C(C(=O)c2ccc(Cl)cc2)C(c2ccccc2[N+](=O)[O-])NC(=O)N1. The molecule has 0 fully saturated rings. The van der Waals surface area contributed by atoms with Gasteiger partial charge in [0.15, 0.2) is 5.78 Å². The minimum atomic E-state index is -0.937.